The van der Waals surface area contributed by atoms with Gasteiger partial charge in [-0.3, -0.25) is 0 Å². The summed E-state index contributed by atoms with van der Waals surface area (Å²) >= 11 is 0. The smallest absolute Gasteiger partial charge is 0.138 e. The fourth-order valence-electron chi connectivity index (χ4n) is 5.37. The molecule has 1 aliphatic carbocycles. The second-order valence-corrected chi connectivity index (χ2v) is 9.65. The summed E-state index contributed by atoms with van der Waals surface area (Å²) in [6.45, 7) is 6.07. The number of benzene rings is 3. The van der Waals surface area contributed by atoms with Crippen LogP contribution in [-0.4, -0.2) is 0 Å². The Hall–Kier alpha value is -2.41. The normalized spacial score (nSPS) is 18.7. The largest absolute Gasteiger partial charge is 0.206 e. The van der Waals surface area contributed by atoms with E-state index < -0.39 is 0 Å². The highest BCUT2D eigenvalue weighted by Crippen LogP contribution is 2.39. The van der Waals surface area contributed by atoms with Crippen molar-refractivity contribution in [1.29, 1.82) is 0 Å². The number of hydrogen-bond donors (Lipinski definition) is 0. The Kier molecular flexibility index (Phi) is 7.79. The zero-order chi connectivity index (χ0) is 22.3. The molecular weight excluding hydrogens is 391 g/mol. The maximum absolute atomic E-state index is 15.4. The van der Waals surface area contributed by atoms with E-state index in [0.717, 1.165) is 35.1 Å². The number of hydrogen-bond acceptors (Lipinski definition) is 0. The quantitative estimate of drug-likeness (QED) is 0.235. The number of allylic oxidation sites excluding steroid dienone is 1. The van der Waals surface area contributed by atoms with E-state index in [9.17, 15) is 0 Å². The number of halogens is 1. The predicted molar refractivity (Wildman–Crippen MR) is 137 cm³/mol. The predicted octanol–water partition coefficient (Wildman–Crippen LogP) is 9.62. The maximum atomic E-state index is 15.4. The Morgan fingerprint density at radius 2 is 1.72 bits per heavy atom. The molecule has 168 valence electrons. The Morgan fingerprint density at radius 1 is 0.938 bits per heavy atom. The molecule has 0 aliphatic heterocycles. The van der Waals surface area contributed by atoms with Crippen LogP contribution in [0.5, 0.6) is 0 Å². The third-order valence-electron chi connectivity index (χ3n) is 7.41. The second kappa shape index (κ2) is 10.9. The Bertz CT molecular complexity index is 1020. The van der Waals surface area contributed by atoms with Gasteiger partial charge in [-0.15, -0.1) is 6.58 Å². The Balaban J connectivity index is 1.47. The van der Waals surface area contributed by atoms with Crippen molar-refractivity contribution in [1.82, 2.24) is 0 Å². The number of unbranched alkanes of at least 4 members (excludes halogenated alkanes) is 2. The molecule has 0 spiro atoms. The summed E-state index contributed by atoms with van der Waals surface area (Å²) in [4.78, 5) is 0. The molecule has 32 heavy (non-hydrogen) atoms. The van der Waals surface area contributed by atoms with Crippen LogP contribution < -0.4 is 0 Å². The summed E-state index contributed by atoms with van der Waals surface area (Å²) in [6.07, 6.45) is 14.6. The van der Waals surface area contributed by atoms with E-state index >= 15 is 4.39 Å². The highest BCUT2D eigenvalue weighted by atomic mass is 19.1. The van der Waals surface area contributed by atoms with Crippen LogP contribution in [-0.2, 0) is 6.42 Å². The molecule has 1 fully saturated rings. The first-order valence-corrected chi connectivity index (χ1v) is 12.6. The molecule has 0 radical (unpaired) electrons. The van der Waals surface area contributed by atoms with E-state index in [0.29, 0.717) is 11.5 Å². The fraction of sp³-hybridized carbons (Fsp3) is 0.419. The van der Waals surface area contributed by atoms with Crippen molar-refractivity contribution < 1.29 is 4.39 Å². The van der Waals surface area contributed by atoms with Crippen LogP contribution in [0.15, 0.2) is 67.3 Å². The molecule has 1 aliphatic rings. The van der Waals surface area contributed by atoms with Gasteiger partial charge >= 0.3 is 0 Å². The molecule has 1 heteroatoms. The summed E-state index contributed by atoms with van der Waals surface area (Å²) in [7, 11) is 0. The van der Waals surface area contributed by atoms with Crippen LogP contribution >= 0.6 is 0 Å². The van der Waals surface area contributed by atoms with Crippen molar-refractivity contribution in [3.05, 3.63) is 84.2 Å². The molecule has 0 aromatic heterocycles. The van der Waals surface area contributed by atoms with Crippen LogP contribution in [0.3, 0.4) is 0 Å². The van der Waals surface area contributed by atoms with Gasteiger partial charge in [0.2, 0.25) is 0 Å². The van der Waals surface area contributed by atoms with Gasteiger partial charge < -0.3 is 0 Å². The van der Waals surface area contributed by atoms with Crippen molar-refractivity contribution in [3.8, 4) is 11.1 Å². The molecule has 0 heterocycles. The first-order chi connectivity index (χ1) is 15.7. The molecule has 0 bridgehead atoms. The van der Waals surface area contributed by atoms with Crippen molar-refractivity contribution >= 4 is 10.8 Å². The van der Waals surface area contributed by atoms with E-state index in [1.54, 1.807) is 0 Å². The molecule has 0 saturated heterocycles. The zero-order valence-corrected chi connectivity index (χ0v) is 19.6. The average molecular weight is 429 g/mol. The van der Waals surface area contributed by atoms with Gasteiger partial charge in [0.1, 0.15) is 5.82 Å². The summed E-state index contributed by atoms with van der Waals surface area (Å²) in [5, 5.41) is 1.76. The lowest BCUT2D eigenvalue weighted by molar-refractivity contribution is 0.303. The molecular formula is C31H37F. The van der Waals surface area contributed by atoms with E-state index in [1.807, 2.05) is 30.3 Å². The SMILES string of the molecule is C=CCCc1ccc(-c2ccc3cc(C4CCC(CCCCC)CC4)ccc3c2F)cc1. The lowest BCUT2D eigenvalue weighted by Crippen LogP contribution is -2.13. The average Bonchev–Trinajstić information content (AvgIpc) is 2.84. The standard InChI is InChI=1S/C31H37F/c1-3-5-7-9-24-10-14-25(15-11-24)27-18-20-30-28(22-27)19-21-29(31(30)32)26-16-12-23(13-17-26)8-6-4-2/h4,12-13,16-22,24-25H,2-3,5-11,14-15H2,1H3. The van der Waals surface area contributed by atoms with E-state index in [4.69, 9.17) is 0 Å². The summed E-state index contributed by atoms with van der Waals surface area (Å²) in [6, 6.07) is 18.7. The third kappa shape index (κ3) is 5.31. The molecule has 0 unspecified atom stereocenters. The maximum Gasteiger partial charge on any atom is 0.138 e. The van der Waals surface area contributed by atoms with Crippen LogP contribution in [0.2, 0.25) is 0 Å². The monoisotopic (exact) mass is 428 g/mol. The third-order valence-corrected chi connectivity index (χ3v) is 7.41. The minimum atomic E-state index is -0.104. The van der Waals surface area contributed by atoms with Gasteiger partial charge in [-0.1, -0.05) is 93.3 Å². The van der Waals surface area contributed by atoms with Crippen molar-refractivity contribution in [3.63, 3.8) is 0 Å². The number of fused-ring (bicyclic) bond motifs is 1. The van der Waals surface area contributed by atoms with Gasteiger partial charge in [-0.05, 0) is 72.4 Å². The van der Waals surface area contributed by atoms with Crippen LogP contribution in [0.25, 0.3) is 21.9 Å². The van der Waals surface area contributed by atoms with Crippen molar-refractivity contribution in [2.24, 2.45) is 5.92 Å². The summed E-state index contributed by atoms with van der Waals surface area (Å²) in [5.74, 6) is 1.45. The molecule has 0 N–H and O–H groups in total. The lowest BCUT2D eigenvalue weighted by atomic mass is 9.76. The van der Waals surface area contributed by atoms with Gasteiger partial charge in [0.25, 0.3) is 0 Å². The molecule has 4 rings (SSSR count). The Labute approximate surface area is 193 Å². The van der Waals surface area contributed by atoms with Gasteiger partial charge in [-0.2, -0.15) is 0 Å². The number of rotatable bonds is 9. The highest BCUT2D eigenvalue weighted by Gasteiger charge is 2.22. The van der Waals surface area contributed by atoms with Crippen molar-refractivity contribution in [2.45, 2.75) is 77.0 Å². The van der Waals surface area contributed by atoms with E-state index in [-0.39, 0.29) is 5.82 Å². The molecule has 1 saturated carbocycles. The summed E-state index contributed by atoms with van der Waals surface area (Å²) in [5.41, 5.74) is 4.29. The first-order valence-electron chi connectivity index (χ1n) is 12.6. The topological polar surface area (TPSA) is 0 Å². The minimum absolute atomic E-state index is 0.104. The summed E-state index contributed by atoms with van der Waals surface area (Å²) < 4.78 is 15.4. The molecule has 3 aromatic rings. The van der Waals surface area contributed by atoms with Gasteiger partial charge in [-0.25, -0.2) is 4.39 Å². The van der Waals surface area contributed by atoms with Crippen LogP contribution in [0.4, 0.5) is 4.39 Å². The zero-order valence-electron chi connectivity index (χ0n) is 19.6. The molecule has 0 amide bonds. The minimum Gasteiger partial charge on any atom is -0.206 e. The first kappa shape index (κ1) is 22.8. The number of aryl methyl sites for hydroxylation is 1. The van der Waals surface area contributed by atoms with E-state index in [1.165, 1.54) is 62.5 Å². The molecule has 3 aromatic carbocycles. The van der Waals surface area contributed by atoms with Gasteiger partial charge in [0, 0.05) is 10.9 Å². The van der Waals surface area contributed by atoms with Crippen molar-refractivity contribution in [2.75, 3.05) is 0 Å². The van der Waals surface area contributed by atoms with Crippen LogP contribution in [0.1, 0.15) is 81.8 Å². The molecule has 0 atom stereocenters. The Morgan fingerprint density at radius 3 is 2.44 bits per heavy atom. The lowest BCUT2D eigenvalue weighted by Gasteiger charge is -2.29. The van der Waals surface area contributed by atoms with E-state index in [2.05, 4.69) is 43.8 Å². The van der Waals surface area contributed by atoms with Gasteiger partial charge in [0.15, 0.2) is 0 Å². The second-order valence-electron chi connectivity index (χ2n) is 9.65. The van der Waals surface area contributed by atoms with Gasteiger partial charge in [0.05, 0.1) is 0 Å². The van der Waals surface area contributed by atoms with Crippen LogP contribution in [0, 0.1) is 11.7 Å². The molecule has 0 nitrogen and oxygen atoms in total. The fourth-order valence-corrected chi connectivity index (χ4v) is 5.37. The highest BCUT2D eigenvalue weighted by molar-refractivity contribution is 5.89.